The minimum Gasteiger partial charge on any atom is -0.463 e. The molecule has 0 bridgehead atoms. The number of benzene rings is 1. The van der Waals surface area contributed by atoms with Crippen LogP contribution in [0.5, 0.6) is 0 Å². The molecule has 1 unspecified atom stereocenters. The van der Waals surface area contributed by atoms with Crippen molar-refractivity contribution in [3.8, 4) is 0 Å². The summed E-state index contributed by atoms with van der Waals surface area (Å²) in [5, 5.41) is 6.22. The van der Waals surface area contributed by atoms with E-state index in [0.717, 1.165) is 0 Å². The minimum atomic E-state index is -0.786. The molecule has 1 heterocycles. The fourth-order valence-electron chi connectivity index (χ4n) is 2.18. The van der Waals surface area contributed by atoms with Gasteiger partial charge in [-0.2, -0.15) is 0 Å². The Bertz CT molecular complexity index is 613. The molecule has 4 nitrogen and oxygen atoms in total. The lowest BCUT2D eigenvalue weighted by atomic mass is 9.95. The summed E-state index contributed by atoms with van der Waals surface area (Å²) in [5.41, 5.74) is 0.949. The largest absolute Gasteiger partial charge is 0.463 e. The van der Waals surface area contributed by atoms with Crippen molar-refractivity contribution < 1.29 is 13.9 Å². The van der Waals surface area contributed by atoms with Gasteiger partial charge in [0.15, 0.2) is 5.11 Å². The maximum absolute atomic E-state index is 14.1. The summed E-state index contributed by atoms with van der Waals surface area (Å²) >= 11 is 11.2. The molecular weight excluding hydrogens is 315 g/mol. The van der Waals surface area contributed by atoms with Gasteiger partial charge in [0.2, 0.25) is 0 Å². The topological polar surface area (TPSA) is 50.4 Å². The number of hydrogen-bond acceptors (Lipinski definition) is 3. The molecule has 0 aliphatic carbocycles. The van der Waals surface area contributed by atoms with Crippen LogP contribution >= 0.6 is 23.8 Å². The molecule has 0 aromatic heterocycles. The number of nitrogens with one attached hydrogen (secondary N) is 2. The van der Waals surface area contributed by atoms with Gasteiger partial charge in [-0.15, -0.1) is 0 Å². The fourth-order valence-corrected chi connectivity index (χ4v) is 2.72. The number of ether oxygens (including phenoxy) is 1. The third-order valence-corrected chi connectivity index (χ3v) is 3.60. The summed E-state index contributed by atoms with van der Waals surface area (Å²) in [6.07, 6.45) is 0. The molecule has 1 aromatic carbocycles. The third-order valence-electron chi connectivity index (χ3n) is 3.05. The van der Waals surface area contributed by atoms with Crippen LogP contribution in [0.15, 0.2) is 29.5 Å². The van der Waals surface area contributed by atoms with Gasteiger partial charge >= 0.3 is 5.97 Å². The predicted molar refractivity (Wildman–Crippen MR) is 82.4 cm³/mol. The number of halogens is 2. The van der Waals surface area contributed by atoms with Crippen LogP contribution in [0.1, 0.15) is 25.5 Å². The Morgan fingerprint density at radius 3 is 2.86 bits per heavy atom. The zero-order chi connectivity index (χ0) is 15.6. The standard InChI is InChI=1S/C14H14ClFN2O2S/c1-3-20-13(19)10-7(2)17-14(21)18-12(10)11-8(15)5-4-6-9(11)16/h4-6,12H,3H2,1-2H3,(H2,17,18,21). The summed E-state index contributed by atoms with van der Waals surface area (Å²) < 4.78 is 19.2. The van der Waals surface area contributed by atoms with E-state index < -0.39 is 17.8 Å². The monoisotopic (exact) mass is 328 g/mol. The second kappa shape index (κ2) is 6.41. The highest BCUT2D eigenvalue weighted by Crippen LogP contribution is 2.33. The van der Waals surface area contributed by atoms with Crippen molar-refractivity contribution in [2.24, 2.45) is 0 Å². The van der Waals surface area contributed by atoms with Gasteiger partial charge in [0.05, 0.1) is 18.2 Å². The number of rotatable bonds is 3. The van der Waals surface area contributed by atoms with E-state index in [1.807, 2.05) is 0 Å². The SMILES string of the molecule is CCOC(=O)C1=C(C)NC(=S)NC1c1c(F)cccc1Cl. The molecule has 0 spiro atoms. The van der Waals surface area contributed by atoms with Gasteiger partial charge in [0.25, 0.3) is 0 Å². The number of esters is 1. The molecule has 0 fully saturated rings. The number of carbonyl (C=O) groups excluding carboxylic acids is 1. The molecule has 0 radical (unpaired) electrons. The van der Waals surface area contributed by atoms with E-state index >= 15 is 0 Å². The van der Waals surface area contributed by atoms with Gasteiger partial charge < -0.3 is 15.4 Å². The summed E-state index contributed by atoms with van der Waals surface area (Å²) in [7, 11) is 0. The molecule has 1 aliphatic rings. The van der Waals surface area contributed by atoms with Crippen molar-refractivity contribution >= 4 is 34.9 Å². The zero-order valence-electron chi connectivity index (χ0n) is 11.5. The molecule has 0 amide bonds. The quantitative estimate of drug-likeness (QED) is 0.660. The Morgan fingerprint density at radius 2 is 2.24 bits per heavy atom. The van der Waals surface area contributed by atoms with Gasteiger partial charge in [0.1, 0.15) is 5.82 Å². The Labute approximate surface area is 132 Å². The van der Waals surface area contributed by atoms with E-state index in [-0.39, 0.29) is 22.8 Å². The lowest BCUT2D eigenvalue weighted by Gasteiger charge is -2.30. The zero-order valence-corrected chi connectivity index (χ0v) is 13.1. The number of carbonyl (C=O) groups is 1. The fraction of sp³-hybridized carbons (Fsp3) is 0.286. The van der Waals surface area contributed by atoms with Crippen molar-refractivity contribution in [1.29, 1.82) is 0 Å². The maximum atomic E-state index is 14.1. The molecule has 1 aliphatic heterocycles. The van der Waals surface area contributed by atoms with Crippen molar-refractivity contribution in [2.75, 3.05) is 6.61 Å². The summed E-state index contributed by atoms with van der Waals surface area (Å²) in [6, 6.07) is 3.56. The Balaban J connectivity index is 2.55. The minimum absolute atomic E-state index is 0.172. The molecular formula is C14H14ClFN2O2S. The molecule has 1 atom stereocenters. The first-order valence-electron chi connectivity index (χ1n) is 6.35. The van der Waals surface area contributed by atoms with E-state index in [0.29, 0.717) is 10.8 Å². The molecule has 21 heavy (non-hydrogen) atoms. The van der Waals surface area contributed by atoms with Crippen molar-refractivity contribution in [3.63, 3.8) is 0 Å². The van der Waals surface area contributed by atoms with Crippen LogP contribution in [0.3, 0.4) is 0 Å². The average Bonchev–Trinajstić information content (AvgIpc) is 2.37. The van der Waals surface area contributed by atoms with Gasteiger partial charge in [-0.25, -0.2) is 9.18 Å². The summed E-state index contributed by atoms with van der Waals surface area (Å²) in [5.74, 6) is -1.05. The highest BCUT2D eigenvalue weighted by molar-refractivity contribution is 7.80. The normalized spacial score (nSPS) is 18.1. The van der Waals surface area contributed by atoms with Crippen molar-refractivity contribution in [2.45, 2.75) is 19.9 Å². The van der Waals surface area contributed by atoms with Crippen LogP contribution in [0.25, 0.3) is 0 Å². The van der Waals surface area contributed by atoms with E-state index in [1.165, 1.54) is 12.1 Å². The molecule has 2 rings (SSSR count). The molecule has 112 valence electrons. The van der Waals surface area contributed by atoms with Gasteiger partial charge in [-0.05, 0) is 38.2 Å². The smallest absolute Gasteiger partial charge is 0.338 e. The summed E-state index contributed by atoms with van der Waals surface area (Å²) in [6.45, 7) is 3.60. The number of hydrogen-bond donors (Lipinski definition) is 2. The van der Waals surface area contributed by atoms with E-state index in [2.05, 4.69) is 10.6 Å². The maximum Gasteiger partial charge on any atom is 0.338 e. The van der Waals surface area contributed by atoms with E-state index in [1.54, 1.807) is 19.9 Å². The van der Waals surface area contributed by atoms with Crippen LogP contribution in [-0.4, -0.2) is 17.7 Å². The second-order valence-corrected chi connectivity index (χ2v) is 5.24. The summed E-state index contributed by atoms with van der Waals surface area (Å²) in [4.78, 5) is 12.2. The molecule has 2 N–H and O–H groups in total. The van der Waals surface area contributed by atoms with Crippen LogP contribution < -0.4 is 10.6 Å². The van der Waals surface area contributed by atoms with E-state index in [4.69, 9.17) is 28.6 Å². The van der Waals surface area contributed by atoms with E-state index in [9.17, 15) is 9.18 Å². The first-order valence-corrected chi connectivity index (χ1v) is 7.13. The lowest BCUT2D eigenvalue weighted by Crippen LogP contribution is -2.45. The van der Waals surface area contributed by atoms with Crippen LogP contribution in [0.4, 0.5) is 4.39 Å². The van der Waals surface area contributed by atoms with Crippen molar-refractivity contribution in [1.82, 2.24) is 10.6 Å². The highest BCUT2D eigenvalue weighted by atomic mass is 35.5. The molecule has 0 saturated carbocycles. The highest BCUT2D eigenvalue weighted by Gasteiger charge is 2.33. The Hall–Kier alpha value is -1.66. The molecule has 1 aromatic rings. The van der Waals surface area contributed by atoms with Crippen LogP contribution in [0.2, 0.25) is 5.02 Å². The van der Waals surface area contributed by atoms with Crippen LogP contribution in [-0.2, 0) is 9.53 Å². The first kappa shape index (κ1) is 15.7. The Morgan fingerprint density at radius 1 is 1.52 bits per heavy atom. The molecule has 0 saturated heterocycles. The first-order chi connectivity index (χ1) is 9.95. The van der Waals surface area contributed by atoms with Gasteiger partial charge in [-0.1, -0.05) is 17.7 Å². The molecule has 7 heteroatoms. The van der Waals surface area contributed by atoms with Gasteiger partial charge in [-0.3, -0.25) is 0 Å². The van der Waals surface area contributed by atoms with Crippen molar-refractivity contribution in [3.05, 3.63) is 45.9 Å². The van der Waals surface area contributed by atoms with Crippen LogP contribution in [0, 0.1) is 5.82 Å². The number of allylic oxidation sites excluding steroid dienone is 1. The lowest BCUT2D eigenvalue weighted by molar-refractivity contribution is -0.139. The van der Waals surface area contributed by atoms with Gasteiger partial charge in [0, 0.05) is 16.3 Å². The second-order valence-electron chi connectivity index (χ2n) is 4.43. The average molecular weight is 329 g/mol. The number of thiocarbonyl (C=S) groups is 1. The third kappa shape index (κ3) is 3.16. The predicted octanol–water partition coefficient (Wildman–Crippen LogP) is 2.84. The Kier molecular flexibility index (Phi) is 4.80.